The SMILES string of the molecule is COCCOCC(=O)N(C)CCOc1ccccc1C. The monoisotopic (exact) mass is 281 g/mol. The van der Waals surface area contributed by atoms with Crippen LogP contribution < -0.4 is 4.74 Å². The van der Waals surface area contributed by atoms with Gasteiger partial charge in [-0.3, -0.25) is 4.79 Å². The molecule has 0 bridgehead atoms. The number of ether oxygens (including phenoxy) is 3. The molecule has 1 rings (SSSR count). The van der Waals surface area contributed by atoms with Gasteiger partial charge in [-0.25, -0.2) is 0 Å². The fraction of sp³-hybridized carbons (Fsp3) is 0.533. The Balaban J connectivity index is 2.20. The average Bonchev–Trinajstić information content (AvgIpc) is 2.45. The van der Waals surface area contributed by atoms with Crippen LogP contribution in [-0.4, -0.2) is 57.9 Å². The second-order valence-electron chi connectivity index (χ2n) is 4.47. The van der Waals surface area contributed by atoms with E-state index in [-0.39, 0.29) is 12.5 Å². The average molecular weight is 281 g/mol. The van der Waals surface area contributed by atoms with Gasteiger partial charge in [0.1, 0.15) is 19.0 Å². The quantitative estimate of drug-likeness (QED) is 0.644. The lowest BCUT2D eigenvalue weighted by Gasteiger charge is -2.18. The molecular weight excluding hydrogens is 258 g/mol. The number of rotatable bonds is 9. The maximum atomic E-state index is 11.7. The van der Waals surface area contributed by atoms with Gasteiger partial charge < -0.3 is 19.1 Å². The lowest BCUT2D eigenvalue weighted by molar-refractivity contribution is -0.135. The molecule has 1 aromatic rings. The molecule has 0 aliphatic heterocycles. The van der Waals surface area contributed by atoms with E-state index in [0.29, 0.717) is 26.4 Å². The van der Waals surface area contributed by atoms with Crippen molar-refractivity contribution in [1.82, 2.24) is 4.90 Å². The van der Waals surface area contributed by atoms with Gasteiger partial charge in [-0.15, -0.1) is 0 Å². The van der Waals surface area contributed by atoms with Gasteiger partial charge in [-0.05, 0) is 18.6 Å². The molecule has 0 unspecified atom stereocenters. The molecule has 112 valence electrons. The van der Waals surface area contributed by atoms with Crippen molar-refractivity contribution in [2.45, 2.75) is 6.92 Å². The van der Waals surface area contributed by atoms with Gasteiger partial charge in [0, 0.05) is 14.2 Å². The maximum Gasteiger partial charge on any atom is 0.248 e. The van der Waals surface area contributed by atoms with Gasteiger partial charge in [-0.2, -0.15) is 0 Å². The number of carbonyl (C=O) groups is 1. The van der Waals surface area contributed by atoms with Crippen molar-refractivity contribution in [3.05, 3.63) is 29.8 Å². The molecule has 0 fully saturated rings. The molecule has 0 aliphatic carbocycles. The van der Waals surface area contributed by atoms with Crippen LogP contribution in [-0.2, 0) is 14.3 Å². The first kappa shape index (κ1) is 16.5. The summed E-state index contributed by atoms with van der Waals surface area (Å²) in [6, 6.07) is 7.81. The van der Waals surface area contributed by atoms with E-state index in [0.717, 1.165) is 11.3 Å². The van der Waals surface area contributed by atoms with Crippen LogP contribution in [0.4, 0.5) is 0 Å². The third kappa shape index (κ3) is 6.04. The highest BCUT2D eigenvalue weighted by Crippen LogP contribution is 2.15. The highest BCUT2D eigenvalue weighted by Gasteiger charge is 2.08. The Morgan fingerprint density at radius 2 is 1.95 bits per heavy atom. The second kappa shape index (κ2) is 9.34. The zero-order chi connectivity index (χ0) is 14.8. The highest BCUT2D eigenvalue weighted by atomic mass is 16.5. The summed E-state index contributed by atoms with van der Waals surface area (Å²) in [4.78, 5) is 13.3. The Morgan fingerprint density at radius 3 is 2.65 bits per heavy atom. The second-order valence-corrected chi connectivity index (χ2v) is 4.47. The molecule has 0 spiro atoms. The van der Waals surface area contributed by atoms with Crippen molar-refractivity contribution in [2.75, 3.05) is 47.1 Å². The fourth-order valence-electron chi connectivity index (χ4n) is 1.55. The first-order chi connectivity index (χ1) is 9.65. The number of hydrogen-bond acceptors (Lipinski definition) is 4. The van der Waals surface area contributed by atoms with Crippen LogP contribution in [0.5, 0.6) is 5.75 Å². The van der Waals surface area contributed by atoms with Crippen LogP contribution >= 0.6 is 0 Å². The molecule has 1 aromatic carbocycles. The summed E-state index contributed by atoms with van der Waals surface area (Å²) in [7, 11) is 3.34. The molecule has 0 aromatic heterocycles. The molecule has 0 N–H and O–H groups in total. The molecule has 0 radical (unpaired) electrons. The zero-order valence-corrected chi connectivity index (χ0v) is 12.4. The minimum absolute atomic E-state index is 0.0607. The normalized spacial score (nSPS) is 10.3. The molecule has 0 saturated carbocycles. The molecule has 1 amide bonds. The number of carbonyl (C=O) groups excluding carboxylic acids is 1. The number of hydrogen-bond donors (Lipinski definition) is 0. The van der Waals surface area contributed by atoms with Gasteiger partial charge in [0.15, 0.2) is 0 Å². The third-order valence-corrected chi connectivity index (χ3v) is 2.86. The van der Waals surface area contributed by atoms with Crippen molar-refractivity contribution in [1.29, 1.82) is 0 Å². The smallest absolute Gasteiger partial charge is 0.248 e. The molecule has 0 aliphatic rings. The van der Waals surface area contributed by atoms with Crippen molar-refractivity contribution < 1.29 is 19.0 Å². The van der Waals surface area contributed by atoms with E-state index < -0.39 is 0 Å². The van der Waals surface area contributed by atoms with Crippen LogP contribution in [0.1, 0.15) is 5.56 Å². The lowest BCUT2D eigenvalue weighted by Crippen LogP contribution is -2.34. The van der Waals surface area contributed by atoms with Gasteiger partial charge in [0.2, 0.25) is 5.91 Å². The third-order valence-electron chi connectivity index (χ3n) is 2.86. The number of amides is 1. The van der Waals surface area contributed by atoms with E-state index in [1.807, 2.05) is 31.2 Å². The Hall–Kier alpha value is -1.59. The Labute approximate surface area is 120 Å². The van der Waals surface area contributed by atoms with Gasteiger partial charge >= 0.3 is 0 Å². The summed E-state index contributed by atoms with van der Waals surface area (Å²) in [6.07, 6.45) is 0. The van der Waals surface area contributed by atoms with Crippen molar-refractivity contribution >= 4 is 5.91 Å². The van der Waals surface area contributed by atoms with Gasteiger partial charge in [0.05, 0.1) is 19.8 Å². The van der Waals surface area contributed by atoms with Crippen molar-refractivity contribution in [2.24, 2.45) is 0 Å². The maximum absolute atomic E-state index is 11.7. The molecular formula is C15H23NO4. The lowest BCUT2D eigenvalue weighted by atomic mass is 10.2. The van der Waals surface area contributed by atoms with Crippen LogP contribution in [0, 0.1) is 6.92 Å². The van der Waals surface area contributed by atoms with E-state index in [2.05, 4.69) is 0 Å². The van der Waals surface area contributed by atoms with E-state index in [1.54, 1.807) is 19.1 Å². The van der Waals surface area contributed by atoms with E-state index in [4.69, 9.17) is 14.2 Å². The van der Waals surface area contributed by atoms with E-state index in [9.17, 15) is 4.79 Å². The Bertz CT molecular complexity index is 409. The molecule has 0 heterocycles. The fourth-order valence-corrected chi connectivity index (χ4v) is 1.55. The molecule has 20 heavy (non-hydrogen) atoms. The van der Waals surface area contributed by atoms with Crippen molar-refractivity contribution in [3.63, 3.8) is 0 Å². The molecule has 0 atom stereocenters. The summed E-state index contributed by atoms with van der Waals surface area (Å²) in [5, 5.41) is 0. The van der Waals surface area contributed by atoms with Crippen LogP contribution in [0.2, 0.25) is 0 Å². The highest BCUT2D eigenvalue weighted by molar-refractivity contribution is 5.77. The van der Waals surface area contributed by atoms with Gasteiger partial charge in [0.25, 0.3) is 0 Å². The van der Waals surface area contributed by atoms with E-state index in [1.165, 1.54) is 0 Å². The first-order valence-electron chi connectivity index (χ1n) is 6.64. The van der Waals surface area contributed by atoms with E-state index >= 15 is 0 Å². The number of benzene rings is 1. The standard InChI is InChI=1S/C15H23NO4/c1-13-6-4-5-7-14(13)20-9-8-16(2)15(17)12-19-11-10-18-3/h4-7H,8-12H2,1-3H3. The summed E-state index contributed by atoms with van der Waals surface area (Å²) >= 11 is 0. The summed E-state index contributed by atoms with van der Waals surface area (Å²) < 4.78 is 15.7. The zero-order valence-electron chi connectivity index (χ0n) is 12.4. The Morgan fingerprint density at radius 1 is 1.20 bits per heavy atom. The summed E-state index contributed by atoms with van der Waals surface area (Å²) in [6.45, 7) is 3.98. The summed E-state index contributed by atoms with van der Waals surface area (Å²) in [5.41, 5.74) is 1.09. The number of methoxy groups -OCH3 is 1. The predicted molar refractivity (Wildman–Crippen MR) is 77.0 cm³/mol. The topological polar surface area (TPSA) is 48.0 Å². The Kier molecular flexibility index (Phi) is 7.69. The largest absolute Gasteiger partial charge is 0.491 e. The minimum Gasteiger partial charge on any atom is -0.491 e. The number of likely N-dealkylation sites (N-methyl/N-ethyl adjacent to an activating group) is 1. The number of para-hydroxylation sites is 1. The van der Waals surface area contributed by atoms with Crippen molar-refractivity contribution in [3.8, 4) is 5.75 Å². The summed E-state index contributed by atoms with van der Waals surface area (Å²) in [5.74, 6) is 0.791. The number of nitrogens with zero attached hydrogens (tertiary/aromatic N) is 1. The van der Waals surface area contributed by atoms with Gasteiger partial charge in [-0.1, -0.05) is 18.2 Å². The van der Waals surface area contributed by atoms with Crippen LogP contribution in [0.3, 0.4) is 0 Å². The van der Waals surface area contributed by atoms with Crippen LogP contribution in [0.25, 0.3) is 0 Å². The minimum atomic E-state index is -0.0607. The molecule has 5 heteroatoms. The number of aryl methyl sites for hydroxylation is 1. The molecule has 5 nitrogen and oxygen atoms in total. The first-order valence-corrected chi connectivity index (χ1v) is 6.64. The predicted octanol–water partition coefficient (Wildman–Crippen LogP) is 1.50. The molecule has 0 saturated heterocycles. The van der Waals surface area contributed by atoms with Crippen LogP contribution in [0.15, 0.2) is 24.3 Å².